The van der Waals surface area contributed by atoms with Gasteiger partial charge in [0.05, 0.1) is 45.4 Å². The lowest BCUT2D eigenvalue weighted by Gasteiger charge is -2.39. The van der Waals surface area contributed by atoms with E-state index >= 15 is 0 Å². The van der Waals surface area contributed by atoms with Crippen molar-refractivity contribution in [2.45, 2.75) is 127 Å². The highest BCUT2D eigenvalue weighted by atomic mass is 32.2. The highest BCUT2D eigenvalue weighted by Gasteiger charge is 2.36. The van der Waals surface area contributed by atoms with E-state index in [0.717, 1.165) is 21.8 Å². The van der Waals surface area contributed by atoms with Crippen molar-refractivity contribution >= 4 is 49.8 Å². The minimum absolute atomic E-state index is 0.0277. The topological polar surface area (TPSA) is 130 Å². The molecule has 4 heterocycles. The molecule has 0 saturated carbocycles. The van der Waals surface area contributed by atoms with Gasteiger partial charge in [-0.15, -0.1) is 38.1 Å². The van der Waals surface area contributed by atoms with Crippen LogP contribution in [-0.2, 0) is 50.0 Å². The number of rotatable bonds is 12. The maximum atomic E-state index is 12.6. The molecule has 0 atom stereocenters. The van der Waals surface area contributed by atoms with Crippen LogP contribution in [0.1, 0.15) is 74.0 Å². The zero-order chi connectivity index (χ0) is 45.3. The Labute approximate surface area is 357 Å². The first-order valence-electron chi connectivity index (χ1n) is 20.0. The Morgan fingerprint density at radius 1 is 0.754 bits per heavy atom. The third-order valence-electron chi connectivity index (χ3n) is 9.45. The van der Waals surface area contributed by atoms with Gasteiger partial charge in [-0.3, -0.25) is 9.47 Å². The van der Waals surface area contributed by atoms with Gasteiger partial charge in [-0.2, -0.15) is 0 Å². The summed E-state index contributed by atoms with van der Waals surface area (Å²) in [5, 5.41) is 2.74. The zero-order valence-electron chi connectivity index (χ0n) is 36.0. The predicted molar refractivity (Wildman–Crippen MR) is 221 cm³/mol. The standard InChI is InChI=1S/C23H32F3N3O3S.C18H24F3N3O3S/c1-21(2,3)12-19-27-17-11-15(7-8-18(17)29(19)9-10-31-23(24,25)26)33-16-13-28(14-16)20(30)32-22(4,5)6;1-17(2,3)9-16-23-14-8-12(28(25,26)13-10-22-11-13)4-5-15(14)24(16)6-7-27-18(19,20)21/h7-8,11,16H,9-10,12-14H2,1-6H3;4-5,8,13,22H,6-7,9-11H2,1-3H3. The van der Waals surface area contributed by atoms with Crippen molar-refractivity contribution in [1.29, 1.82) is 0 Å². The first-order valence-corrected chi connectivity index (χ1v) is 22.4. The number of nitrogens with zero attached hydrogens (tertiary/aromatic N) is 5. The number of sulfone groups is 1. The molecule has 2 saturated heterocycles. The molecule has 0 radical (unpaired) electrons. The van der Waals surface area contributed by atoms with Crippen LogP contribution in [-0.4, -0.2) is 107 Å². The molecule has 2 aromatic carbocycles. The van der Waals surface area contributed by atoms with E-state index in [2.05, 4.69) is 40.5 Å². The Hall–Kier alpha value is -3.59. The monoisotopic (exact) mass is 906 g/mol. The van der Waals surface area contributed by atoms with E-state index in [0.29, 0.717) is 55.9 Å². The molecule has 1 amide bonds. The number of nitrogens with one attached hydrogen (secondary N) is 1. The van der Waals surface area contributed by atoms with Crippen molar-refractivity contribution in [2.24, 2.45) is 10.8 Å². The van der Waals surface area contributed by atoms with E-state index in [1.807, 2.05) is 64.3 Å². The highest BCUT2D eigenvalue weighted by molar-refractivity contribution is 8.00. The molecule has 0 unspecified atom stereocenters. The van der Waals surface area contributed by atoms with Crippen LogP contribution >= 0.6 is 11.8 Å². The number of benzene rings is 2. The van der Waals surface area contributed by atoms with Gasteiger partial charge in [-0.1, -0.05) is 41.5 Å². The normalized spacial score (nSPS) is 16.1. The Bertz CT molecular complexity index is 2260. The largest absolute Gasteiger partial charge is 0.522 e. The molecule has 20 heteroatoms. The first kappa shape index (κ1) is 48.4. The average Bonchev–Trinajstić information content (AvgIpc) is 3.53. The predicted octanol–water partition coefficient (Wildman–Crippen LogP) is 8.78. The van der Waals surface area contributed by atoms with Crippen molar-refractivity contribution in [3.05, 3.63) is 48.0 Å². The Morgan fingerprint density at radius 3 is 1.66 bits per heavy atom. The molecule has 2 aliphatic rings. The fourth-order valence-corrected chi connectivity index (χ4v) is 9.46. The summed E-state index contributed by atoms with van der Waals surface area (Å²) >= 11 is 1.66. The summed E-state index contributed by atoms with van der Waals surface area (Å²) in [5.41, 5.74) is 1.85. The van der Waals surface area contributed by atoms with Gasteiger partial charge in [0.25, 0.3) is 0 Å². The lowest BCUT2D eigenvalue weighted by atomic mass is 9.92. The summed E-state index contributed by atoms with van der Waals surface area (Å²) in [6.45, 7) is 18.8. The van der Waals surface area contributed by atoms with Crippen LogP contribution in [0.2, 0.25) is 0 Å². The molecule has 61 heavy (non-hydrogen) atoms. The quantitative estimate of drug-likeness (QED) is 0.138. The smallest absolute Gasteiger partial charge is 0.444 e. The Balaban J connectivity index is 0.000000234. The summed E-state index contributed by atoms with van der Waals surface area (Å²) < 4.78 is 117. The van der Waals surface area contributed by atoms with E-state index < -0.39 is 46.6 Å². The van der Waals surface area contributed by atoms with Gasteiger partial charge in [-0.25, -0.2) is 23.2 Å². The molecule has 0 aliphatic carbocycles. The maximum Gasteiger partial charge on any atom is 0.522 e. The summed E-state index contributed by atoms with van der Waals surface area (Å²) in [5.74, 6) is 1.35. The number of imidazole rings is 2. The minimum atomic E-state index is -4.70. The van der Waals surface area contributed by atoms with E-state index in [1.165, 1.54) is 12.1 Å². The van der Waals surface area contributed by atoms with E-state index in [9.17, 15) is 39.6 Å². The van der Waals surface area contributed by atoms with Gasteiger partial charge in [0, 0.05) is 62.3 Å². The van der Waals surface area contributed by atoms with Crippen molar-refractivity contribution in [3.63, 3.8) is 0 Å². The number of carbonyl (C=O) groups is 1. The first-order chi connectivity index (χ1) is 28.0. The number of fused-ring (bicyclic) bond motifs is 2. The van der Waals surface area contributed by atoms with Crippen LogP contribution in [0.4, 0.5) is 31.1 Å². The molecule has 0 bridgehead atoms. The lowest BCUT2D eigenvalue weighted by Crippen LogP contribution is -2.53. The number of halogens is 6. The number of likely N-dealkylation sites (tertiary alicyclic amines) is 1. The molecule has 6 rings (SSSR count). The number of ether oxygens (including phenoxy) is 3. The molecule has 340 valence electrons. The number of hydrogen-bond acceptors (Lipinski definition) is 10. The van der Waals surface area contributed by atoms with Crippen LogP contribution < -0.4 is 5.32 Å². The van der Waals surface area contributed by atoms with Crippen molar-refractivity contribution < 1.29 is 53.8 Å². The summed E-state index contributed by atoms with van der Waals surface area (Å²) in [7, 11) is -3.45. The number of aromatic nitrogens is 4. The average molecular weight is 907 g/mol. The third kappa shape index (κ3) is 14.0. The Morgan fingerprint density at radius 2 is 1.23 bits per heavy atom. The van der Waals surface area contributed by atoms with E-state index in [-0.39, 0.29) is 40.2 Å². The molecular weight excluding hydrogens is 851 g/mol. The van der Waals surface area contributed by atoms with Gasteiger partial charge in [0.15, 0.2) is 9.84 Å². The second-order valence-corrected chi connectivity index (χ2v) is 22.3. The van der Waals surface area contributed by atoms with Crippen LogP contribution in [0.15, 0.2) is 46.2 Å². The van der Waals surface area contributed by atoms with Gasteiger partial charge in [0.1, 0.15) is 17.2 Å². The van der Waals surface area contributed by atoms with Gasteiger partial charge >= 0.3 is 18.8 Å². The molecule has 2 fully saturated rings. The molecule has 2 aromatic heterocycles. The van der Waals surface area contributed by atoms with Gasteiger partial charge in [-0.05, 0) is 68.0 Å². The van der Waals surface area contributed by atoms with Crippen LogP contribution in [0, 0.1) is 10.8 Å². The number of alkyl halides is 6. The fourth-order valence-electron chi connectivity index (χ4n) is 6.65. The summed E-state index contributed by atoms with van der Waals surface area (Å²) in [4.78, 5) is 24.3. The summed E-state index contributed by atoms with van der Waals surface area (Å²) in [6.07, 6.45) is -8.49. The molecule has 0 spiro atoms. The molecule has 4 aromatic rings. The fraction of sp³-hybridized carbons (Fsp3) is 0.634. The van der Waals surface area contributed by atoms with Crippen LogP contribution in [0.5, 0.6) is 0 Å². The molecule has 12 nitrogen and oxygen atoms in total. The van der Waals surface area contributed by atoms with E-state index in [1.54, 1.807) is 27.3 Å². The van der Waals surface area contributed by atoms with Gasteiger partial charge in [0.2, 0.25) is 0 Å². The van der Waals surface area contributed by atoms with E-state index in [4.69, 9.17) is 9.72 Å². The van der Waals surface area contributed by atoms with Gasteiger partial charge < -0.3 is 24.1 Å². The minimum Gasteiger partial charge on any atom is -0.444 e. The second-order valence-electron chi connectivity index (χ2n) is 18.7. The third-order valence-corrected chi connectivity index (χ3v) is 12.7. The maximum absolute atomic E-state index is 12.6. The number of carbonyl (C=O) groups excluding carboxylic acids is 1. The molecule has 2 aliphatic heterocycles. The number of thioether (sulfide) groups is 1. The molecular formula is C41H56F6N6O6S2. The lowest BCUT2D eigenvalue weighted by molar-refractivity contribution is -0.326. The Kier molecular flexibility index (Phi) is 14.5. The van der Waals surface area contributed by atoms with Crippen LogP contribution in [0.3, 0.4) is 0 Å². The van der Waals surface area contributed by atoms with Crippen LogP contribution in [0.25, 0.3) is 22.1 Å². The SMILES string of the molecule is CC(C)(C)Cc1nc2cc(S(=O)(=O)C3CNC3)ccc2n1CCOC(F)(F)F.CC(C)(C)Cc1nc2cc(SC3CN(C(=O)OC(C)(C)C)C3)ccc2n1CCOC(F)(F)F. The molecule has 1 N–H and O–H groups in total. The highest BCUT2D eigenvalue weighted by Crippen LogP contribution is 2.34. The second kappa shape index (κ2) is 18.3. The summed E-state index contributed by atoms with van der Waals surface area (Å²) in [6, 6.07) is 10.4. The van der Waals surface area contributed by atoms with Crippen molar-refractivity contribution in [3.8, 4) is 0 Å². The zero-order valence-corrected chi connectivity index (χ0v) is 37.6. The number of hydrogen-bond donors (Lipinski definition) is 1. The van der Waals surface area contributed by atoms with Crippen molar-refractivity contribution in [1.82, 2.24) is 29.3 Å². The van der Waals surface area contributed by atoms with Crippen molar-refractivity contribution in [2.75, 3.05) is 39.4 Å². The number of amides is 1.